The van der Waals surface area contributed by atoms with Gasteiger partial charge in [-0.3, -0.25) is 9.48 Å². The summed E-state index contributed by atoms with van der Waals surface area (Å²) in [7, 11) is 3.49. The summed E-state index contributed by atoms with van der Waals surface area (Å²) in [6.45, 7) is 3.05. The van der Waals surface area contributed by atoms with Gasteiger partial charge in [-0.15, -0.1) is 0 Å². The number of carbonyl (C=O) groups excluding carboxylic acids is 1. The molecule has 0 radical (unpaired) electrons. The van der Waals surface area contributed by atoms with Crippen molar-refractivity contribution in [2.45, 2.75) is 50.4 Å². The first kappa shape index (κ1) is 17.1. The van der Waals surface area contributed by atoms with Crippen LogP contribution in [0.15, 0.2) is 6.07 Å². The number of rotatable bonds is 3. The first-order chi connectivity index (χ1) is 13.0. The highest BCUT2D eigenvalue weighted by atomic mass is 32.1. The fraction of sp³-hybridized carbons (Fsp3) is 0.667. The van der Waals surface area contributed by atoms with Crippen LogP contribution < -0.4 is 4.90 Å². The second-order valence-electron chi connectivity index (χ2n) is 8.05. The number of hydrogen-bond donors (Lipinski definition) is 0. The molecule has 1 amide bonds. The molecule has 0 N–H and O–H groups in total. The van der Waals surface area contributed by atoms with Crippen LogP contribution in [-0.2, 0) is 17.9 Å². The molecule has 144 valence electrons. The van der Waals surface area contributed by atoms with Gasteiger partial charge in [0.25, 0.3) is 5.91 Å². The molecule has 0 atom stereocenters. The summed E-state index contributed by atoms with van der Waals surface area (Å²) in [5, 5.41) is 5.58. The maximum absolute atomic E-state index is 12.2. The molecule has 2 fully saturated rings. The first-order valence-corrected chi connectivity index (χ1v) is 10.3. The second kappa shape index (κ2) is 6.27. The zero-order valence-electron chi connectivity index (χ0n) is 15.7. The summed E-state index contributed by atoms with van der Waals surface area (Å²) in [6, 6.07) is 1.85. The summed E-state index contributed by atoms with van der Waals surface area (Å²) in [6.07, 6.45) is 4.33. The Labute approximate surface area is 162 Å². The molecule has 4 heterocycles. The Morgan fingerprint density at radius 2 is 2.11 bits per heavy atom. The highest BCUT2D eigenvalue weighted by Crippen LogP contribution is 2.41. The van der Waals surface area contributed by atoms with Crippen LogP contribution in [0.3, 0.4) is 0 Å². The SMILES string of the molecule is CN(C)C(=O)c1cc2n(n1)CC1(CCN(c3nc(C4CC4)ns3)CC1)OC2. The topological polar surface area (TPSA) is 76.4 Å². The zero-order valence-corrected chi connectivity index (χ0v) is 16.5. The van der Waals surface area contributed by atoms with Gasteiger partial charge in [0.05, 0.1) is 24.4 Å². The zero-order chi connectivity index (χ0) is 18.6. The number of piperidine rings is 1. The lowest BCUT2D eigenvalue weighted by molar-refractivity contribution is -0.106. The summed E-state index contributed by atoms with van der Waals surface area (Å²) >= 11 is 1.52. The van der Waals surface area contributed by atoms with Crippen molar-refractivity contribution in [3.8, 4) is 0 Å². The molecule has 2 aromatic rings. The summed E-state index contributed by atoms with van der Waals surface area (Å²) in [5.74, 6) is 1.57. The van der Waals surface area contributed by atoms with Gasteiger partial charge >= 0.3 is 0 Å². The van der Waals surface area contributed by atoms with Gasteiger partial charge in [-0.25, -0.2) is 4.98 Å². The predicted molar refractivity (Wildman–Crippen MR) is 101 cm³/mol. The van der Waals surface area contributed by atoms with Crippen LogP contribution in [0, 0.1) is 0 Å². The molecule has 2 aliphatic heterocycles. The van der Waals surface area contributed by atoms with Gasteiger partial charge in [0.1, 0.15) is 5.82 Å². The van der Waals surface area contributed by atoms with E-state index in [0.717, 1.165) is 42.6 Å². The third kappa shape index (κ3) is 3.12. The highest BCUT2D eigenvalue weighted by Gasteiger charge is 2.41. The summed E-state index contributed by atoms with van der Waals surface area (Å²) in [4.78, 5) is 20.8. The molecule has 1 spiro atoms. The van der Waals surface area contributed by atoms with E-state index in [-0.39, 0.29) is 11.5 Å². The standard InChI is InChI=1S/C18H24N6O2S/c1-22(2)16(25)14-9-13-10-26-18(11-24(13)20-14)5-7-23(8-6-18)17-19-15(21-27-17)12-3-4-12/h9,12H,3-8,10-11H2,1-2H3. The smallest absolute Gasteiger partial charge is 0.273 e. The van der Waals surface area contributed by atoms with Crippen molar-refractivity contribution in [2.24, 2.45) is 0 Å². The van der Waals surface area contributed by atoms with Gasteiger partial charge in [-0.1, -0.05) is 0 Å². The van der Waals surface area contributed by atoms with Crippen molar-refractivity contribution in [1.82, 2.24) is 24.0 Å². The minimum absolute atomic E-state index is 0.0662. The minimum Gasteiger partial charge on any atom is -0.367 e. The molecular weight excluding hydrogens is 364 g/mol. The number of nitrogens with zero attached hydrogens (tertiary/aromatic N) is 6. The lowest BCUT2D eigenvalue weighted by Crippen LogP contribution is -2.50. The van der Waals surface area contributed by atoms with Gasteiger partial charge in [-0.2, -0.15) is 9.47 Å². The van der Waals surface area contributed by atoms with Gasteiger partial charge in [0, 0.05) is 44.6 Å². The average Bonchev–Trinajstić information content (AvgIpc) is 3.25. The molecule has 0 aromatic carbocycles. The summed E-state index contributed by atoms with van der Waals surface area (Å²) < 4.78 is 12.8. The van der Waals surface area contributed by atoms with Gasteiger partial charge < -0.3 is 14.5 Å². The Morgan fingerprint density at radius 3 is 2.81 bits per heavy atom. The number of hydrogen-bond acceptors (Lipinski definition) is 7. The van der Waals surface area contributed by atoms with Crippen molar-refractivity contribution in [1.29, 1.82) is 0 Å². The third-order valence-corrected chi connectivity index (χ3v) is 6.56. The molecule has 0 unspecified atom stereocenters. The van der Waals surface area contributed by atoms with E-state index < -0.39 is 0 Å². The Balaban J connectivity index is 1.26. The van der Waals surface area contributed by atoms with Gasteiger partial charge in [-0.05, 0) is 31.7 Å². The Morgan fingerprint density at radius 1 is 1.33 bits per heavy atom. The largest absolute Gasteiger partial charge is 0.367 e. The minimum atomic E-state index is -0.196. The Bertz CT molecular complexity index is 863. The Hall–Kier alpha value is -2.00. The van der Waals surface area contributed by atoms with Crippen molar-refractivity contribution in [2.75, 3.05) is 32.1 Å². The number of fused-ring (bicyclic) bond motifs is 1. The van der Waals surface area contributed by atoms with Crippen LogP contribution in [-0.4, -0.2) is 62.7 Å². The molecule has 3 aliphatic rings. The van der Waals surface area contributed by atoms with E-state index in [1.807, 2.05) is 10.7 Å². The summed E-state index contributed by atoms with van der Waals surface area (Å²) in [5.41, 5.74) is 1.28. The van der Waals surface area contributed by atoms with Gasteiger partial charge in [0.15, 0.2) is 5.69 Å². The number of aromatic nitrogens is 4. The van der Waals surface area contributed by atoms with Crippen LogP contribution in [0.1, 0.15) is 53.6 Å². The van der Waals surface area contributed by atoms with Crippen molar-refractivity contribution < 1.29 is 9.53 Å². The van der Waals surface area contributed by atoms with Crippen molar-refractivity contribution in [3.05, 3.63) is 23.3 Å². The lowest BCUT2D eigenvalue weighted by atomic mass is 9.90. The van der Waals surface area contributed by atoms with E-state index in [1.54, 1.807) is 19.0 Å². The molecule has 5 rings (SSSR count). The molecule has 1 aliphatic carbocycles. The first-order valence-electron chi connectivity index (χ1n) is 9.54. The average molecular weight is 388 g/mol. The molecule has 27 heavy (non-hydrogen) atoms. The highest BCUT2D eigenvalue weighted by molar-refractivity contribution is 7.09. The molecular formula is C18H24N6O2S. The van der Waals surface area contributed by atoms with E-state index in [0.29, 0.717) is 24.8 Å². The normalized spacial score (nSPS) is 21.3. The second-order valence-corrected chi connectivity index (χ2v) is 8.78. The lowest BCUT2D eigenvalue weighted by Gasteiger charge is -2.43. The predicted octanol–water partition coefficient (Wildman–Crippen LogP) is 1.88. The van der Waals surface area contributed by atoms with Crippen LogP contribution in [0.4, 0.5) is 5.13 Å². The Kier molecular flexibility index (Phi) is 3.98. The number of ether oxygens (including phenoxy) is 1. The van der Waals surface area contributed by atoms with Gasteiger partial charge in [0.2, 0.25) is 5.13 Å². The molecule has 2 aromatic heterocycles. The number of carbonyl (C=O) groups is 1. The van der Waals surface area contributed by atoms with E-state index in [1.165, 1.54) is 24.4 Å². The third-order valence-electron chi connectivity index (χ3n) is 5.77. The maximum atomic E-state index is 12.2. The number of amides is 1. The molecule has 1 saturated carbocycles. The van der Waals surface area contributed by atoms with E-state index in [2.05, 4.69) is 14.4 Å². The maximum Gasteiger partial charge on any atom is 0.273 e. The van der Waals surface area contributed by atoms with Crippen molar-refractivity contribution in [3.63, 3.8) is 0 Å². The van der Waals surface area contributed by atoms with E-state index in [4.69, 9.17) is 9.72 Å². The van der Waals surface area contributed by atoms with Crippen LogP contribution in [0.25, 0.3) is 0 Å². The van der Waals surface area contributed by atoms with Crippen molar-refractivity contribution >= 4 is 22.6 Å². The molecule has 8 nitrogen and oxygen atoms in total. The fourth-order valence-corrected chi connectivity index (χ4v) is 4.66. The van der Waals surface area contributed by atoms with Crippen LogP contribution in [0.5, 0.6) is 0 Å². The van der Waals surface area contributed by atoms with E-state index >= 15 is 0 Å². The molecule has 0 bridgehead atoms. The van der Waals surface area contributed by atoms with E-state index in [9.17, 15) is 4.79 Å². The fourth-order valence-electron chi connectivity index (χ4n) is 3.86. The monoisotopic (exact) mass is 388 g/mol. The van der Waals surface area contributed by atoms with Crippen LogP contribution >= 0.6 is 11.5 Å². The number of anilines is 1. The van der Waals surface area contributed by atoms with Crippen LogP contribution in [0.2, 0.25) is 0 Å². The quantitative estimate of drug-likeness (QED) is 0.799. The molecule has 1 saturated heterocycles. The molecule has 9 heteroatoms.